The van der Waals surface area contributed by atoms with Crippen LogP contribution in [-0.2, 0) is 11.3 Å². The summed E-state index contributed by atoms with van der Waals surface area (Å²) >= 11 is 1.22. The van der Waals surface area contributed by atoms with Gasteiger partial charge in [0, 0.05) is 36.3 Å². The highest BCUT2D eigenvalue weighted by atomic mass is 32.2. The van der Waals surface area contributed by atoms with Crippen molar-refractivity contribution >= 4 is 23.4 Å². The van der Waals surface area contributed by atoms with Gasteiger partial charge in [0.2, 0.25) is 5.91 Å². The van der Waals surface area contributed by atoms with Crippen LogP contribution < -0.4 is 5.32 Å². The van der Waals surface area contributed by atoms with Gasteiger partial charge in [-0.25, -0.2) is 8.78 Å². The van der Waals surface area contributed by atoms with Gasteiger partial charge in [0.1, 0.15) is 0 Å². The Labute approximate surface area is 152 Å². The van der Waals surface area contributed by atoms with Gasteiger partial charge in [-0.1, -0.05) is 11.8 Å². The minimum Gasteiger partial charge on any atom is -0.325 e. The Hall–Kier alpha value is -2.81. The number of aromatic nitrogens is 4. The number of pyridine rings is 1. The third-order valence-electron chi connectivity index (χ3n) is 3.51. The van der Waals surface area contributed by atoms with Crippen LogP contribution in [0.25, 0.3) is 11.4 Å². The summed E-state index contributed by atoms with van der Waals surface area (Å²) in [4.78, 5) is 16.0. The molecule has 26 heavy (non-hydrogen) atoms. The largest absolute Gasteiger partial charge is 0.325 e. The molecular weight excluding hydrogens is 360 g/mol. The number of carbonyl (C=O) groups is 1. The van der Waals surface area contributed by atoms with E-state index in [1.54, 1.807) is 12.4 Å². The van der Waals surface area contributed by atoms with Gasteiger partial charge in [-0.2, -0.15) is 0 Å². The zero-order chi connectivity index (χ0) is 18.5. The third-order valence-corrected chi connectivity index (χ3v) is 4.47. The maximum atomic E-state index is 13.2. The van der Waals surface area contributed by atoms with E-state index in [2.05, 4.69) is 20.5 Å². The van der Waals surface area contributed by atoms with Crippen LogP contribution in [0.15, 0.2) is 47.9 Å². The predicted octanol–water partition coefficient (Wildman–Crippen LogP) is 3.37. The van der Waals surface area contributed by atoms with Gasteiger partial charge in [0.15, 0.2) is 22.6 Å². The molecule has 2 heterocycles. The molecule has 1 aromatic carbocycles. The number of carbonyl (C=O) groups excluding carboxylic acids is 1. The van der Waals surface area contributed by atoms with Crippen molar-refractivity contribution in [2.45, 2.75) is 18.6 Å². The Balaban J connectivity index is 1.67. The first kappa shape index (κ1) is 18.0. The van der Waals surface area contributed by atoms with Gasteiger partial charge < -0.3 is 9.88 Å². The molecule has 0 spiro atoms. The predicted molar refractivity (Wildman–Crippen MR) is 94.6 cm³/mol. The molecule has 1 amide bonds. The van der Waals surface area contributed by atoms with E-state index in [0.717, 1.165) is 17.7 Å². The van der Waals surface area contributed by atoms with Crippen LogP contribution in [0, 0.1) is 11.6 Å². The topological polar surface area (TPSA) is 72.7 Å². The van der Waals surface area contributed by atoms with Gasteiger partial charge in [-0.15, -0.1) is 10.2 Å². The molecule has 1 N–H and O–H groups in total. The van der Waals surface area contributed by atoms with Crippen molar-refractivity contribution in [1.82, 2.24) is 19.7 Å². The van der Waals surface area contributed by atoms with Crippen molar-refractivity contribution in [3.05, 3.63) is 54.4 Å². The SMILES string of the molecule is CCn1c(SCC(=O)Nc2ccc(F)c(F)c2)nnc1-c1ccncc1. The number of halogens is 2. The summed E-state index contributed by atoms with van der Waals surface area (Å²) in [5, 5.41) is 11.4. The number of hydrogen-bond donors (Lipinski definition) is 1. The number of hydrogen-bond acceptors (Lipinski definition) is 5. The highest BCUT2D eigenvalue weighted by Crippen LogP contribution is 2.23. The number of amides is 1. The third kappa shape index (κ3) is 4.05. The summed E-state index contributed by atoms with van der Waals surface area (Å²) in [5.41, 5.74) is 1.08. The highest BCUT2D eigenvalue weighted by Gasteiger charge is 2.15. The van der Waals surface area contributed by atoms with E-state index in [-0.39, 0.29) is 17.3 Å². The van der Waals surface area contributed by atoms with E-state index < -0.39 is 11.6 Å². The van der Waals surface area contributed by atoms with Crippen molar-refractivity contribution in [2.24, 2.45) is 0 Å². The average molecular weight is 375 g/mol. The summed E-state index contributed by atoms with van der Waals surface area (Å²) in [5.74, 6) is -1.57. The molecular formula is C17H15F2N5OS. The summed E-state index contributed by atoms with van der Waals surface area (Å²) in [6.07, 6.45) is 3.35. The molecule has 3 aromatic rings. The molecule has 0 unspecified atom stereocenters. The van der Waals surface area contributed by atoms with Crippen molar-refractivity contribution in [1.29, 1.82) is 0 Å². The van der Waals surface area contributed by atoms with E-state index in [1.165, 1.54) is 17.8 Å². The standard InChI is InChI=1S/C17H15F2N5OS/c1-2-24-16(11-5-7-20-8-6-11)22-23-17(24)26-10-15(25)21-12-3-4-13(18)14(19)9-12/h3-9H,2,10H2,1H3,(H,21,25). The molecule has 6 nitrogen and oxygen atoms in total. The quantitative estimate of drug-likeness (QED) is 0.669. The molecule has 3 rings (SSSR count). The molecule has 0 atom stereocenters. The van der Waals surface area contributed by atoms with Crippen molar-refractivity contribution in [3.63, 3.8) is 0 Å². The number of anilines is 1. The van der Waals surface area contributed by atoms with Crippen LogP contribution in [0.2, 0.25) is 0 Å². The fourth-order valence-electron chi connectivity index (χ4n) is 2.30. The van der Waals surface area contributed by atoms with Crippen LogP contribution in [0.3, 0.4) is 0 Å². The molecule has 9 heteroatoms. The molecule has 0 aliphatic heterocycles. The number of nitrogens with zero attached hydrogens (tertiary/aromatic N) is 4. The average Bonchev–Trinajstić information content (AvgIpc) is 3.07. The highest BCUT2D eigenvalue weighted by molar-refractivity contribution is 7.99. The van der Waals surface area contributed by atoms with Crippen molar-refractivity contribution in [3.8, 4) is 11.4 Å². The van der Waals surface area contributed by atoms with Gasteiger partial charge in [-0.3, -0.25) is 9.78 Å². The molecule has 134 valence electrons. The first-order valence-electron chi connectivity index (χ1n) is 7.79. The molecule has 0 radical (unpaired) electrons. The van der Waals surface area contributed by atoms with E-state index in [9.17, 15) is 13.6 Å². The first-order valence-corrected chi connectivity index (χ1v) is 8.78. The molecule has 2 aromatic heterocycles. The lowest BCUT2D eigenvalue weighted by atomic mass is 10.2. The van der Waals surface area contributed by atoms with E-state index in [4.69, 9.17) is 0 Å². The minimum atomic E-state index is -1.01. The number of benzene rings is 1. The summed E-state index contributed by atoms with van der Waals surface area (Å²) in [6.45, 7) is 2.59. The molecule has 0 aliphatic carbocycles. The second-order valence-corrected chi connectivity index (χ2v) is 6.19. The Morgan fingerprint density at radius 2 is 1.92 bits per heavy atom. The molecule has 0 saturated carbocycles. The maximum Gasteiger partial charge on any atom is 0.234 e. The van der Waals surface area contributed by atoms with E-state index in [0.29, 0.717) is 17.5 Å². The van der Waals surface area contributed by atoms with E-state index >= 15 is 0 Å². The van der Waals surface area contributed by atoms with Crippen LogP contribution in [-0.4, -0.2) is 31.4 Å². The fourth-order valence-corrected chi connectivity index (χ4v) is 3.10. The van der Waals surface area contributed by atoms with Crippen LogP contribution >= 0.6 is 11.8 Å². The monoisotopic (exact) mass is 375 g/mol. The zero-order valence-electron chi connectivity index (χ0n) is 13.8. The van der Waals surface area contributed by atoms with Gasteiger partial charge >= 0.3 is 0 Å². The van der Waals surface area contributed by atoms with Crippen LogP contribution in [0.5, 0.6) is 0 Å². The first-order chi connectivity index (χ1) is 12.6. The minimum absolute atomic E-state index is 0.0630. The second-order valence-electron chi connectivity index (χ2n) is 5.25. The Morgan fingerprint density at radius 3 is 2.62 bits per heavy atom. The number of rotatable bonds is 6. The molecule has 0 aliphatic rings. The van der Waals surface area contributed by atoms with Crippen molar-refractivity contribution in [2.75, 3.05) is 11.1 Å². The van der Waals surface area contributed by atoms with Crippen molar-refractivity contribution < 1.29 is 13.6 Å². The van der Waals surface area contributed by atoms with E-state index in [1.807, 2.05) is 23.6 Å². The number of thioether (sulfide) groups is 1. The van der Waals surface area contributed by atoms with Crippen LogP contribution in [0.4, 0.5) is 14.5 Å². The lowest BCUT2D eigenvalue weighted by molar-refractivity contribution is -0.113. The Kier molecular flexibility index (Phi) is 5.57. The summed E-state index contributed by atoms with van der Waals surface area (Å²) in [7, 11) is 0. The van der Waals surface area contributed by atoms with Gasteiger partial charge in [0.25, 0.3) is 0 Å². The normalized spacial score (nSPS) is 10.7. The lowest BCUT2D eigenvalue weighted by Gasteiger charge is -2.08. The molecule has 0 fully saturated rings. The Bertz CT molecular complexity index is 917. The lowest BCUT2D eigenvalue weighted by Crippen LogP contribution is -2.15. The Morgan fingerprint density at radius 1 is 1.15 bits per heavy atom. The van der Waals surface area contributed by atoms with Gasteiger partial charge in [-0.05, 0) is 31.2 Å². The number of nitrogens with one attached hydrogen (secondary N) is 1. The fraction of sp³-hybridized carbons (Fsp3) is 0.176. The summed E-state index contributed by atoms with van der Waals surface area (Å²) < 4.78 is 28.0. The summed E-state index contributed by atoms with van der Waals surface area (Å²) in [6, 6.07) is 6.87. The van der Waals surface area contributed by atoms with Gasteiger partial charge in [0.05, 0.1) is 5.75 Å². The molecule has 0 saturated heterocycles. The van der Waals surface area contributed by atoms with Crippen LogP contribution in [0.1, 0.15) is 6.92 Å². The zero-order valence-corrected chi connectivity index (χ0v) is 14.6. The smallest absolute Gasteiger partial charge is 0.234 e. The maximum absolute atomic E-state index is 13.2. The second kappa shape index (κ2) is 8.05. The molecule has 0 bridgehead atoms.